The molecule has 0 aliphatic carbocycles. The smallest absolute Gasteiger partial charge is 0.251 e. The zero-order chi connectivity index (χ0) is 18.4. The van der Waals surface area contributed by atoms with Crippen LogP contribution in [0, 0.1) is 0 Å². The number of amides is 1. The highest BCUT2D eigenvalue weighted by atomic mass is 32.2. The Labute approximate surface area is 155 Å². The number of nitrogens with one attached hydrogen (secondary N) is 2. The second kappa shape index (κ2) is 9.10. The van der Waals surface area contributed by atoms with E-state index in [2.05, 4.69) is 25.5 Å². The van der Waals surface area contributed by atoms with Crippen molar-refractivity contribution in [1.29, 1.82) is 0 Å². The van der Waals surface area contributed by atoms with Gasteiger partial charge in [0.25, 0.3) is 5.56 Å². The van der Waals surface area contributed by atoms with Crippen LogP contribution in [0.2, 0.25) is 0 Å². The zero-order valence-corrected chi connectivity index (χ0v) is 16.5. The number of nitrogens with zero attached hydrogens (tertiary/aromatic N) is 3. The van der Waals surface area contributed by atoms with Gasteiger partial charge in [-0.05, 0) is 12.8 Å². The number of carbonyl (C=O) groups is 1. The van der Waals surface area contributed by atoms with Crippen LogP contribution in [0.25, 0.3) is 0 Å². The number of aromatic nitrogens is 4. The lowest BCUT2D eigenvalue weighted by Gasteiger charge is -2.13. The molecule has 2 aromatic heterocycles. The van der Waals surface area contributed by atoms with E-state index in [0.717, 1.165) is 23.5 Å². The minimum Gasteiger partial charge on any atom is -0.301 e. The van der Waals surface area contributed by atoms with Crippen molar-refractivity contribution in [2.75, 3.05) is 5.32 Å². The van der Waals surface area contributed by atoms with Crippen LogP contribution in [-0.4, -0.2) is 31.3 Å². The average molecular weight is 382 g/mol. The van der Waals surface area contributed by atoms with E-state index in [1.165, 1.54) is 29.2 Å². The first-order valence-corrected chi connectivity index (χ1v) is 10.0. The fourth-order valence-electron chi connectivity index (χ4n) is 2.08. The summed E-state index contributed by atoms with van der Waals surface area (Å²) in [5.41, 5.74) is 0.552. The van der Waals surface area contributed by atoms with Gasteiger partial charge < -0.3 is 4.98 Å². The van der Waals surface area contributed by atoms with E-state index in [1.54, 1.807) is 0 Å². The van der Waals surface area contributed by atoms with Gasteiger partial charge in [0.15, 0.2) is 5.16 Å². The third-order valence-electron chi connectivity index (χ3n) is 3.36. The van der Waals surface area contributed by atoms with Crippen LogP contribution in [0.4, 0.5) is 5.13 Å². The molecule has 136 valence electrons. The summed E-state index contributed by atoms with van der Waals surface area (Å²) in [6.07, 6.45) is 2.25. The van der Waals surface area contributed by atoms with E-state index in [4.69, 9.17) is 0 Å². The molecule has 2 rings (SSSR count). The van der Waals surface area contributed by atoms with Crippen LogP contribution in [0.5, 0.6) is 0 Å². The van der Waals surface area contributed by atoms with Crippen LogP contribution in [0.1, 0.15) is 57.2 Å². The zero-order valence-electron chi connectivity index (χ0n) is 14.8. The van der Waals surface area contributed by atoms with Gasteiger partial charge in [-0.2, -0.15) is 0 Å². The van der Waals surface area contributed by atoms with Gasteiger partial charge in [-0.1, -0.05) is 57.2 Å². The van der Waals surface area contributed by atoms with Crippen molar-refractivity contribution in [3.63, 3.8) is 0 Å². The summed E-state index contributed by atoms with van der Waals surface area (Å²) in [6.45, 7) is 8.01. The quantitative estimate of drug-likeness (QED) is 0.538. The molecular formula is C16H23N5O2S2. The van der Waals surface area contributed by atoms with Gasteiger partial charge in [0.05, 0.1) is 5.25 Å². The first-order valence-electron chi connectivity index (χ1n) is 8.34. The molecule has 1 unspecified atom stereocenters. The van der Waals surface area contributed by atoms with E-state index in [9.17, 15) is 9.59 Å². The molecule has 1 atom stereocenters. The average Bonchev–Trinajstić information content (AvgIpc) is 3.01. The fraction of sp³-hybridized carbons (Fsp3) is 0.562. The summed E-state index contributed by atoms with van der Waals surface area (Å²) in [6, 6.07) is 1.50. The molecule has 2 aromatic rings. The van der Waals surface area contributed by atoms with Gasteiger partial charge in [-0.25, -0.2) is 4.98 Å². The molecule has 0 saturated heterocycles. The predicted octanol–water partition coefficient (Wildman–Crippen LogP) is 3.21. The highest BCUT2D eigenvalue weighted by Crippen LogP contribution is 2.26. The molecule has 0 bridgehead atoms. The number of H-pyrrole nitrogens is 1. The van der Waals surface area contributed by atoms with Gasteiger partial charge in [0.2, 0.25) is 11.0 Å². The molecule has 0 saturated carbocycles. The topological polar surface area (TPSA) is 101 Å². The van der Waals surface area contributed by atoms with E-state index >= 15 is 0 Å². The highest BCUT2D eigenvalue weighted by Gasteiger charge is 2.21. The number of aromatic amines is 1. The number of aryl methyl sites for hydroxylation is 1. The fourth-order valence-corrected chi connectivity index (χ4v) is 3.77. The lowest BCUT2D eigenvalue weighted by atomic mass is 10.2. The molecule has 25 heavy (non-hydrogen) atoms. The molecule has 0 radical (unpaired) electrons. The number of carbonyl (C=O) groups excluding carboxylic acids is 1. The molecule has 0 fully saturated rings. The number of anilines is 1. The third-order valence-corrected chi connectivity index (χ3v) is 5.75. The second-order valence-electron chi connectivity index (χ2n) is 5.90. The first-order chi connectivity index (χ1) is 11.9. The standard InChI is InChI=1S/C16H23N5O2S2/c1-5-7-10-8-12(22)18-15(17-10)24-11(6-2)13(23)19-16-21-20-14(25-16)9(3)4/h8-9,11H,5-7H2,1-4H3,(H,17,18,22)(H,19,21,23). The van der Waals surface area contributed by atoms with Crippen molar-refractivity contribution >= 4 is 34.1 Å². The predicted molar refractivity (Wildman–Crippen MR) is 101 cm³/mol. The maximum atomic E-state index is 12.5. The van der Waals surface area contributed by atoms with Gasteiger partial charge in [0, 0.05) is 17.7 Å². The number of hydrogen-bond donors (Lipinski definition) is 2. The largest absolute Gasteiger partial charge is 0.301 e. The Hall–Kier alpha value is -1.74. The number of hydrogen-bond acceptors (Lipinski definition) is 7. The molecule has 7 nitrogen and oxygen atoms in total. The van der Waals surface area contributed by atoms with Crippen molar-refractivity contribution in [3.8, 4) is 0 Å². The van der Waals surface area contributed by atoms with E-state index in [0.29, 0.717) is 16.7 Å². The maximum Gasteiger partial charge on any atom is 0.251 e. The molecular weight excluding hydrogens is 358 g/mol. The summed E-state index contributed by atoms with van der Waals surface area (Å²) < 4.78 is 0. The Balaban J connectivity index is 2.08. The molecule has 0 aliphatic heterocycles. The van der Waals surface area contributed by atoms with Crippen molar-refractivity contribution in [1.82, 2.24) is 20.2 Å². The van der Waals surface area contributed by atoms with Crippen LogP contribution in [0.3, 0.4) is 0 Å². The van der Waals surface area contributed by atoms with Gasteiger partial charge in [0.1, 0.15) is 5.01 Å². The lowest BCUT2D eigenvalue weighted by molar-refractivity contribution is -0.115. The minimum absolute atomic E-state index is 0.164. The summed E-state index contributed by atoms with van der Waals surface area (Å²) >= 11 is 2.64. The summed E-state index contributed by atoms with van der Waals surface area (Å²) in [7, 11) is 0. The Morgan fingerprint density at radius 2 is 2.12 bits per heavy atom. The van der Waals surface area contributed by atoms with Crippen LogP contribution in [0.15, 0.2) is 16.0 Å². The SMILES string of the molecule is CCCc1cc(=O)[nH]c(SC(CC)C(=O)Nc2nnc(C(C)C)s2)n1. The lowest BCUT2D eigenvalue weighted by Crippen LogP contribution is -2.25. The summed E-state index contributed by atoms with van der Waals surface area (Å²) in [4.78, 5) is 31.4. The number of thioether (sulfide) groups is 1. The van der Waals surface area contributed by atoms with Gasteiger partial charge in [-0.15, -0.1) is 10.2 Å². The van der Waals surface area contributed by atoms with Gasteiger partial charge in [-0.3, -0.25) is 14.9 Å². The van der Waals surface area contributed by atoms with Crippen LogP contribution in [-0.2, 0) is 11.2 Å². The molecule has 9 heteroatoms. The van der Waals surface area contributed by atoms with E-state index < -0.39 is 0 Å². The molecule has 1 amide bonds. The Bertz CT molecular complexity index is 772. The summed E-state index contributed by atoms with van der Waals surface area (Å²) in [5, 5.41) is 12.4. The van der Waals surface area contributed by atoms with Crippen LogP contribution < -0.4 is 10.9 Å². The third kappa shape index (κ3) is 5.64. The minimum atomic E-state index is -0.369. The van der Waals surface area contributed by atoms with Crippen molar-refractivity contribution in [2.24, 2.45) is 0 Å². The Morgan fingerprint density at radius 3 is 2.72 bits per heavy atom. The van der Waals surface area contributed by atoms with Crippen molar-refractivity contribution in [3.05, 3.63) is 27.1 Å². The highest BCUT2D eigenvalue weighted by molar-refractivity contribution is 8.00. The molecule has 2 N–H and O–H groups in total. The molecule has 0 aliphatic rings. The molecule has 2 heterocycles. The Morgan fingerprint density at radius 1 is 1.36 bits per heavy atom. The first kappa shape index (κ1) is 19.6. The molecule has 0 aromatic carbocycles. The van der Waals surface area contributed by atoms with E-state index in [-0.39, 0.29) is 22.6 Å². The van der Waals surface area contributed by atoms with Crippen molar-refractivity contribution in [2.45, 2.75) is 63.3 Å². The van der Waals surface area contributed by atoms with Gasteiger partial charge >= 0.3 is 0 Å². The summed E-state index contributed by atoms with van der Waals surface area (Å²) in [5.74, 6) is 0.109. The monoisotopic (exact) mass is 381 g/mol. The maximum absolute atomic E-state index is 12.5. The molecule has 0 spiro atoms. The normalized spacial score (nSPS) is 12.4. The van der Waals surface area contributed by atoms with E-state index in [1.807, 2.05) is 27.7 Å². The number of rotatable bonds is 8. The second-order valence-corrected chi connectivity index (χ2v) is 8.10. The Kier molecular flexibility index (Phi) is 7.12. The van der Waals surface area contributed by atoms with Crippen LogP contribution >= 0.6 is 23.1 Å². The van der Waals surface area contributed by atoms with Crippen molar-refractivity contribution < 1.29 is 4.79 Å².